The Kier molecular flexibility index (Phi) is 3.06. The summed E-state index contributed by atoms with van der Waals surface area (Å²) in [5.74, 6) is 0. The van der Waals surface area contributed by atoms with Crippen molar-refractivity contribution in [1.82, 2.24) is 9.55 Å². The van der Waals surface area contributed by atoms with E-state index in [-0.39, 0.29) is 5.56 Å². The van der Waals surface area contributed by atoms with Crippen LogP contribution in [0, 0.1) is 0 Å². The first-order valence-corrected chi connectivity index (χ1v) is 5.58. The SMILES string of the molecule is CCn1cnc2c(C(C)O)cc(C(F)(F)F)cc21. The first-order valence-electron chi connectivity index (χ1n) is 5.58. The van der Waals surface area contributed by atoms with Crippen LogP contribution in [0.15, 0.2) is 18.5 Å². The van der Waals surface area contributed by atoms with Gasteiger partial charge in [0.05, 0.1) is 29.0 Å². The molecule has 3 nitrogen and oxygen atoms in total. The maximum absolute atomic E-state index is 12.8. The number of aromatic nitrogens is 2. The molecule has 0 aliphatic heterocycles. The molecule has 1 heterocycles. The molecule has 0 spiro atoms. The number of rotatable bonds is 2. The molecule has 0 radical (unpaired) electrons. The normalized spacial score (nSPS) is 14.1. The Morgan fingerprint density at radius 2 is 2.06 bits per heavy atom. The molecule has 0 saturated heterocycles. The molecule has 1 N–H and O–H groups in total. The quantitative estimate of drug-likeness (QED) is 0.898. The Labute approximate surface area is 102 Å². The van der Waals surface area contributed by atoms with Crippen LogP contribution in [-0.4, -0.2) is 14.7 Å². The number of fused-ring (bicyclic) bond motifs is 1. The Balaban J connectivity index is 2.77. The van der Waals surface area contributed by atoms with Gasteiger partial charge in [0.25, 0.3) is 0 Å². The summed E-state index contributed by atoms with van der Waals surface area (Å²) in [6.45, 7) is 3.78. The standard InChI is InChI=1S/C12H13F3N2O/c1-3-17-6-16-11-9(7(2)18)4-8(5-10(11)17)12(13,14)15/h4-7,18H,3H2,1-2H3. The number of aryl methyl sites for hydroxylation is 1. The molecule has 0 saturated carbocycles. The molecule has 1 unspecified atom stereocenters. The minimum absolute atomic E-state index is 0.201. The third kappa shape index (κ3) is 2.08. The van der Waals surface area contributed by atoms with Crippen LogP contribution in [0.3, 0.4) is 0 Å². The number of alkyl halides is 3. The van der Waals surface area contributed by atoms with E-state index < -0.39 is 17.8 Å². The molecule has 0 fully saturated rings. The molecule has 6 heteroatoms. The highest BCUT2D eigenvalue weighted by Gasteiger charge is 2.32. The van der Waals surface area contributed by atoms with Gasteiger partial charge in [-0.15, -0.1) is 0 Å². The zero-order valence-electron chi connectivity index (χ0n) is 9.99. The topological polar surface area (TPSA) is 38.0 Å². The van der Waals surface area contributed by atoms with Crippen molar-refractivity contribution in [2.45, 2.75) is 32.7 Å². The van der Waals surface area contributed by atoms with Crippen LogP contribution in [0.5, 0.6) is 0 Å². The molecule has 98 valence electrons. The highest BCUT2D eigenvalue weighted by atomic mass is 19.4. The minimum atomic E-state index is -4.43. The van der Waals surface area contributed by atoms with Crippen molar-refractivity contribution in [3.8, 4) is 0 Å². The molecule has 1 aromatic carbocycles. The number of aliphatic hydroxyl groups excluding tert-OH is 1. The summed E-state index contributed by atoms with van der Waals surface area (Å²) in [6.07, 6.45) is -3.94. The molecule has 0 aliphatic rings. The molecule has 0 amide bonds. The fraction of sp³-hybridized carbons (Fsp3) is 0.417. The Morgan fingerprint density at radius 1 is 1.39 bits per heavy atom. The number of benzene rings is 1. The first kappa shape index (κ1) is 12.9. The smallest absolute Gasteiger partial charge is 0.389 e. The van der Waals surface area contributed by atoms with Gasteiger partial charge in [0.15, 0.2) is 0 Å². The molecule has 18 heavy (non-hydrogen) atoms. The van der Waals surface area contributed by atoms with Gasteiger partial charge in [0.2, 0.25) is 0 Å². The van der Waals surface area contributed by atoms with Gasteiger partial charge in [-0.2, -0.15) is 13.2 Å². The van der Waals surface area contributed by atoms with Crippen molar-refractivity contribution in [2.24, 2.45) is 0 Å². The van der Waals surface area contributed by atoms with Crippen LogP contribution < -0.4 is 0 Å². The molecule has 2 rings (SSSR count). The van der Waals surface area contributed by atoms with E-state index in [1.165, 1.54) is 13.3 Å². The van der Waals surface area contributed by atoms with Crippen LogP contribution in [-0.2, 0) is 12.7 Å². The summed E-state index contributed by atoms with van der Waals surface area (Å²) in [4.78, 5) is 4.07. The van der Waals surface area contributed by atoms with Crippen molar-refractivity contribution < 1.29 is 18.3 Å². The summed E-state index contributed by atoms with van der Waals surface area (Å²) in [5.41, 5.74) is 0.246. The third-order valence-electron chi connectivity index (χ3n) is 2.87. The Morgan fingerprint density at radius 3 is 2.56 bits per heavy atom. The number of halogens is 3. The lowest BCUT2D eigenvalue weighted by atomic mass is 10.0. The van der Waals surface area contributed by atoms with Crippen molar-refractivity contribution in [3.05, 3.63) is 29.6 Å². The van der Waals surface area contributed by atoms with E-state index in [9.17, 15) is 18.3 Å². The van der Waals surface area contributed by atoms with Gasteiger partial charge in [0.1, 0.15) is 0 Å². The first-order chi connectivity index (χ1) is 8.34. The van der Waals surface area contributed by atoms with E-state index in [1.807, 2.05) is 6.92 Å². The average Bonchev–Trinajstić information content (AvgIpc) is 2.68. The third-order valence-corrected chi connectivity index (χ3v) is 2.87. The van der Waals surface area contributed by atoms with Gasteiger partial charge in [-0.25, -0.2) is 4.98 Å². The fourth-order valence-electron chi connectivity index (χ4n) is 1.92. The number of imidazole rings is 1. The summed E-state index contributed by atoms with van der Waals surface area (Å²) in [6, 6.07) is 2.03. The average molecular weight is 258 g/mol. The van der Waals surface area contributed by atoms with Gasteiger partial charge < -0.3 is 9.67 Å². The molecule has 0 bridgehead atoms. The number of aliphatic hydroxyl groups is 1. The van der Waals surface area contributed by atoms with E-state index >= 15 is 0 Å². The second-order valence-electron chi connectivity index (χ2n) is 4.14. The zero-order valence-corrected chi connectivity index (χ0v) is 9.99. The van der Waals surface area contributed by atoms with Crippen LogP contribution >= 0.6 is 0 Å². The summed E-state index contributed by atoms with van der Waals surface area (Å²) < 4.78 is 40.0. The minimum Gasteiger partial charge on any atom is -0.389 e. The lowest BCUT2D eigenvalue weighted by Gasteiger charge is -2.12. The number of hydrogen-bond acceptors (Lipinski definition) is 2. The van der Waals surface area contributed by atoms with Crippen LogP contribution in [0.1, 0.15) is 31.1 Å². The molecule has 0 aliphatic carbocycles. The van der Waals surface area contributed by atoms with E-state index in [1.54, 1.807) is 4.57 Å². The van der Waals surface area contributed by atoms with Gasteiger partial charge in [-0.3, -0.25) is 0 Å². The van der Waals surface area contributed by atoms with Crippen LogP contribution in [0.4, 0.5) is 13.2 Å². The summed E-state index contributed by atoms with van der Waals surface area (Å²) in [5, 5.41) is 9.58. The van der Waals surface area contributed by atoms with Crippen molar-refractivity contribution in [2.75, 3.05) is 0 Å². The molecular formula is C12H13F3N2O. The van der Waals surface area contributed by atoms with Crippen molar-refractivity contribution >= 4 is 11.0 Å². The van der Waals surface area contributed by atoms with Gasteiger partial charge >= 0.3 is 6.18 Å². The maximum Gasteiger partial charge on any atom is 0.416 e. The van der Waals surface area contributed by atoms with E-state index in [0.717, 1.165) is 12.1 Å². The molecule has 2 aromatic rings. The van der Waals surface area contributed by atoms with Gasteiger partial charge in [-0.05, 0) is 26.0 Å². The number of hydrogen-bond donors (Lipinski definition) is 1. The zero-order chi connectivity index (χ0) is 13.5. The van der Waals surface area contributed by atoms with Crippen molar-refractivity contribution in [3.63, 3.8) is 0 Å². The molecule has 1 atom stereocenters. The van der Waals surface area contributed by atoms with E-state index in [0.29, 0.717) is 17.6 Å². The molecular weight excluding hydrogens is 245 g/mol. The molecule has 1 aromatic heterocycles. The van der Waals surface area contributed by atoms with Gasteiger partial charge in [0, 0.05) is 12.1 Å². The van der Waals surface area contributed by atoms with Crippen LogP contribution in [0.2, 0.25) is 0 Å². The second kappa shape index (κ2) is 4.28. The monoisotopic (exact) mass is 258 g/mol. The van der Waals surface area contributed by atoms with Gasteiger partial charge in [-0.1, -0.05) is 0 Å². The second-order valence-corrected chi connectivity index (χ2v) is 4.14. The summed E-state index contributed by atoms with van der Waals surface area (Å²) in [7, 11) is 0. The lowest BCUT2D eigenvalue weighted by Crippen LogP contribution is -2.07. The Bertz CT molecular complexity index is 572. The highest BCUT2D eigenvalue weighted by Crippen LogP contribution is 2.34. The summed E-state index contributed by atoms with van der Waals surface area (Å²) >= 11 is 0. The van der Waals surface area contributed by atoms with E-state index in [4.69, 9.17) is 0 Å². The van der Waals surface area contributed by atoms with Crippen molar-refractivity contribution in [1.29, 1.82) is 0 Å². The maximum atomic E-state index is 12.8. The Hall–Kier alpha value is -1.56. The fourth-order valence-corrected chi connectivity index (χ4v) is 1.92. The predicted molar refractivity (Wildman–Crippen MR) is 61.0 cm³/mol. The largest absolute Gasteiger partial charge is 0.416 e. The highest BCUT2D eigenvalue weighted by molar-refractivity contribution is 5.80. The van der Waals surface area contributed by atoms with Crippen LogP contribution in [0.25, 0.3) is 11.0 Å². The predicted octanol–water partition coefficient (Wildman–Crippen LogP) is 3.13. The lowest BCUT2D eigenvalue weighted by molar-refractivity contribution is -0.137. The number of nitrogens with zero attached hydrogens (tertiary/aromatic N) is 2. The van der Waals surface area contributed by atoms with E-state index in [2.05, 4.69) is 4.98 Å².